The van der Waals surface area contributed by atoms with E-state index in [9.17, 15) is 26.7 Å². The van der Waals surface area contributed by atoms with E-state index in [1.807, 2.05) is 20.8 Å². The highest BCUT2D eigenvalue weighted by Gasteiger charge is 2.31. The SMILES string of the molecule is CCCC(C)(C)c1ccc(OC(=O)c2c(F)c(F)c(F)c(F)c2F)cc1. The molecule has 2 nitrogen and oxygen atoms in total. The van der Waals surface area contributed by atoms with Crippen molar-refractivity contribution in [1.82, 2.24) is 0 Å². The van der Waals surface area contributed by atoms with Crippen LogP contribution in [0.15, 0.2) is 24.3 Å². The van der Waals surface area contributed by atoms with Crippen LogP contribution in [0.2, 0.25) is 0 Å². The maximum absolute atomic E-state index is 13.6. The first kappa shape index (κ1) is 19.9. The summed E-state index contributed by atoms with van der Waals surface area (Å²) < 4.78 is 71.4. The number of benzene rings is 2. The highest BCUT2D eigenvalue weighted by molar-refractivity contribution is 5.91. The van der Waals surface area contributed by atoms with Crippen LogP contribution in [-0.2, 0) is 5.41 Å². The quantitative estimate of drug-likeness (QED) is 0.222. The van der Waals surface area contributed by atoms with Crippen molar-refractivity contribution in [2.24, 2.45) is 0 Å². The summed E-state index contributed by atoms with van der Waals surface area (Å²) in [6.45, 7) is 6.11. The van der Waals surface area contributed by atoms with Gasteiger partial charge >= 0.3 is 5.97 Å². The summed E-state index contributed by atoms with van der Waals surface area (Å²) in [6, 6.07) is 6.15. The minimum atomic E-state index is -2.33. The Bertz CT molecular complexity index is 800. The van der Waals surface area contributed by atoms with Gasteiger partial charge in [-0.25, -0.2) is 26.7 Å². The van der Waals surface area contributed by atoms with E-state index in [1.165, 1.54) is 12.1 Å². The lowest BCUT2D eigenvalue weighted by Crippen LogP contribution is -2.18. The monoisotopic (exact) mass is 372 g/mol. The van der Waals surface area contributed by atoms with Gasteiger partial charge in [0.2, 0.25) is 5.82 Å². The zero-order valence-corrected chi connectivity index (χ0v) is 14.4. The molecule has 26 heavy (non-hydrogen) atoms. The number of hydrogen-bond donors (Lipinski definition) is 0. The van der Waals surface area contributed by atoms with Crippen LogP contribution in [0.1, 0.15) is 49.5 Å². The van der Waals surface area contributed by atoms with Gasteiger partial charge in [-0.15, -0.1) is 0 Å². The van der Waals surface area contributed by atoms with Crippen molar-refractivity contribution >= 4 is 5.97 Å². The van der Waals surface area contributed by atoms with Crippen LogP contribution < -0.4 is 4.74 Å². The molecule has 0 radical (unpaired) electrons. The van der Waals surface area contributed by atoms with Crippen molar-refractivity contribution in [1.29, 1.82) is 0 Å². The van der Waals surface area contributed by atoms with Gasteiger partial charge in [-0.2, -0.15) is 0 Å². The average molecular weight is 372 g/mol. The van der Waals surface area contributed by atoms with Gasteiger partial charge in [0.25, 0.3) is 0 Å². The van der Waals surface area contributed by atoms with E-state index in [-0.39, 0.29) is 11.2 Å². The summed E-state index contributed by atoms with van der Waals surface area (Å²) in [7, 11) is 0. The standard InChI is InChI=1S/C19H17F5O2/c1-4-9-19(2,3)10-5-7-11(8-6-10)26-18(25)12-13(20)15(22)17(24)16(23)14(12)21/h5-8H,4,9H2,1-3H3. The van der Waals surface area contributed by atoms with Crippen LogP contribution in [0, 0.1) is 29.1 Å². The second-order valence-corrected chi connectivity index (χ2v) is 6.49. The van der Waals surface area contributed by atoms with Gasteiger partial charge in [-0.3, -0.25) is 0 Å². The molecule has 140 valence electrons. The molecule has 0 aromatic heterocycles. The lowest BCUT2D eigenvalue weighted by Gasteiger charge is -2.24. The van der Waals surface area contributed by atoms with Crippen molar-refractivity contribution < 1.29 is 31.5 Å². The molecule has 2 aromatic rings. The topological polar surface area (TPSA) is 26.3 Å². The van der Waals surface area contributed by atoms with Gasteiger partial charge < -0.3 is 4.74 Å². The van der Waals surface area contributed by atoms with Crippen molar-refractivity contribution in [3.63, 3.8) is 0 Å². The molecule has 0 unspecified atom stereocenters. The molecule has 0 heterocycles. The first-order valence-electron chi connectivity index (χ1n) is 7.94. The summed E-state index contributed by atoms with van der Waals surface area (Å²) in [5.74, 6) is -12.9. The zero-order chi connectivity index (χ0) is 19.6. The Morgan fingerprint density at radius 1 is 0.885 bits per heavy atom. The third-order valence-electron chi connectivity index (χ3n) is 4.14. The third-order valence-corrected chi connectivity index (χ3v) is 4.14. The Kier molecular flexibility index (Phi) is 5.68. The summed E-state index contributed by atoms with van der Waals surface area (Å²) >= 11 is 0. The molecule has 0 aliphatic rings. The van der Waals surface area contributed by atoms with Crippen molar-refractivity contribution in [3.05, 3.63) is 64.5 Å². The summed E-state index contributed by atoms with van der Waals surface area (Å²) in [6.07, 6.45) is 1.88. The van der Waals surface area contributed by atoms with E-state index >= 15 is 0 Å². The Hall–Kier alpha value is -2.44. The van der Waals surface area contributed by atoms with Gasteiger partial charge in [-0.1, -0.05) is 39.3 Å². The number of esters is 1. The smallest absolute Gasteiger partial charge is 0.349 e. The van der Waals surface area contributed by atoms with E-state index in [2.05, 4.69) is 0 Å². The van der Waals surface area contributed by atoms with Crippen LogP contribution in [0.5, 0.6) is 5.75 Å². The molecule has 0 atom stereocenters. The fourth-order valence-electron chi connectivity index (χ4n) is 2.69. The molecule has 2 rings (SSSR count). The normalized spacial score (nSPS) is 11.5. The van der Waals surface area contributed by atoms with Crippen LogP contribution in [-0.4, -0.2) is 5.97 Å². The molecule has 0 saturated carbocycles. The third kappa shape index (κ3) is 3.71. The Labute approximate surface area is 147 Å². The van der Waals surface area contributed by atoms with E-state index in [4.69, 9.17) is 4.74 Å². The fraction of sp³-hybridized carbons (Fsp3) is 0.316. The highest BCUT2D eigenvalue weighted by atomic mass is 19.2. The van der Waals surface area contributed by atoms with Crippen LogP contribution >= 0.6 is 0 Å². The van der Waals surface area contributed by atoms with Crippen LogP contribution in [0.4, 0.5) is 22.0 Å². The second-order valence-electron chi connectivity index (χ2n) is 6.49. The van der Waals surface area contributed by atoms with E-state index < -0.39 is 40.6 Å². The molecule has 2 aromatic carbocycles. The fourth-order valence-corrected chi connectivity index (χ4v) is 2.69. The van der Waals surface area contributed by atoms with E-state index in [0.717, 1.165) is 18.4 Å². The summed E-state index contributed by atoms with van der Waals surface area (Å²) in [5.41, 5.74) is -0.800. The van der Waals surface area contributed by atoms with Crippen molar-refractivity contribution in [3.8, 4) is 5.75 Å². The first-order valence-corrected chi connectivity index (χ1v) is 7.94. The minimum Gasteiger partial charge on any atom is -0.423 e. The molecule has 0 fully saturated rings. The van der Waals surface area contributed by atoms with E-state index in [1.54, 1.807) is 12.1 Å². The lowest BCUT2D eigenvalue weighted by atomic mass is 9.81. The zero-order valence-electron chi connectivity index (χ0n) is 14.4. The summed E-state index contributed by atoms with van der Waals surface area (Å²) in [4.78, 5) is 11.9. The maximum atomic E-state index is 13.6. The minimum absolute atomic E-state index is 0.0741. The lowest BCUT2D eigenvalue weighted by molar-refractivity contribution is 0.0721. The predicted molar refractivity (Wildman–Crippen MR) is 85.6 cm³/mol. The number of rotatable bonds is 5. The molecule has 7 heteroatoms. The predicted octanol–water partition coefficient (Wildman–Crippen LogP) is 5.68. The van der Waals surface area contributed by atoms with Gasteiger partial charge in [0.1, 0.15) is 11.3 Å². The molecular formula is C19H17F5O2. The average Bonchev–Trinajstić information content (AvgIpc) is 2.59. The molecule has 0 aliphatic heterocycles. The molecule has 0 amide bonds. The molecule has 0 bridgehead atoms. The molecule has 0 aliphatic carbocycles. The molecule has 0 spiro atoms. The molecule has 0 N–H and O–H groups in total. The molecular weight excluding hydrogens is 355 g/mol. The summed E-state index contributed by atoms with van der Waals surface area (Å²) in [5, 5.41) is 0. The Morgan fingerprint density at radius 2 is 1.35 bits per heavy atom. The second kappa shape index (κ2) is 7.43. The molecule has 0 saturated heterocycles. The Balaban J connectivity index is 2.29. The van der Waals surface area contributed by atoms with Crippen molar-refractivity contribution in [2.45, 2.75) is 39.0 Å². The number of hydrogen-bond acceptors (Lipinski definition) is 2. The number of ether oxygens (including phenoxy) is 1. The van der Waals surface area contributed by atoms with Crippen LogP contribution in [0.3, 0.4) is 0 Å². The maximum Gasteiger partial charge on any atom is 0.349 e. The van der Waals surface area contributed by atoms with Gasteiger partial charge in [0.15, 0.2) is 23.3 Å². The number of halogens is 5. The Morgan fingerprint density at radius 3 is 1.81 bits per heavy atom. The van der Waals surface area contributed by atoms with Gasteiger partial charge in [0.05, 0.1) is 0 Å². The number of carbonyl (C=O) groups is 1. The van der Waals surface area contributed by atoms with Gasteiger partial charge in [-0.05, 0) is 29.5 Å². The van der Waals surface area contributed by atoms with Crippen molar-refractivity contribution in [2.75, 3.05) is 0 Å². The van der Waals surface area contributed by atoms with Gasteiger partial charge in [0, 0.05) is 0 Å². The highest BCUT2D eigenvalue weighted by Crippen LogP contribution is 2.30. The first-order chi connectivity index (χ1) is 12.1. The largest absolute Gasteiger partial charge is 0.423 e. The van der Waals surface area contributed by atoms with Crippen LogP contribution in [0.25, 0.3) is 0 Å². The van der Waals surface area contributed by atoms with E-state index in [0.29, 0.717) is 0 Å². The number of carbonyl (C=O) groups excluding carboxylic acids is 1.